The van der Waals surface area contributed by atoms with Crippen LogP contribution in [0.2, 0.25) is 0 Å². The first kappa shape index (κ1) is 8.97. The molecule has 0 aliphatic carbocycles. The van der Waals surface area contributed by atoms with E-state index in [2.05, 4.69) is 23.8 Å². The van der Waals surface area contributed by atoms with E-state index in [9.17, 15) is 0 Å². The van der Waals surface area contributed by atoms with Crippen LogP contribution in [0.1, 0.15) is 19.5 Å². The number of rotatable bonds is 3. The van der Waals surface area contributed by atoms with E-state index in [-0.39, 0.29) is 0 Å². The van der Waals surface area contributed by atoms with Crippen LogP contribution in [0.25, 0.3) is 0 Å². The van der Waals surface area contributed by atoms with Gasteiger partial charge in [0.05, 0.1) is 7.11 Å². The van der Waals surface area contributed by atoms with Gasteiger partial charge in [-0.3, -0.25) is 0 Å². The predicted octanol–water partition coefficient (Wildman–Crippen LogP) is 1.68. The van der Waals surface area contributed by atoms with Crippen molar-refractivity contribution in [2.75, 3.05) is 7.11 Å². The van der Waals surface area contributed by atoms with Gasteiger partial charge >= 0.3 is 0 Å². The summed E-state index contributed by atoms with van der Waals surface area (Å²) in [5.41, 5.74) is 1.04. The van der Waals surface area contributed by atoms with Crippen molar-refractivity contribution in [2.24, 2.45) is 5.92 Å². The maximum Gasteiger partial charge on any atom is 0.216 e. The van der Waals surface area contributed by atoms with Gasteiger partial charge in [-0.15, -0.1) is 0 Å². The van der Waals surface area contributed by atoms with Gasteiger partial charge in [0, 0.05) is 11.8 Å². The topological polar surface area (TPSA) is 35.0 Å². The number of aromatic nitrogens is 2. The molecule has 0 fully saturated rings. The van der Waals surface area contributed by atoms with E-state index < -0.39 is 0 Å². The van der Waals surface area contributed by atoms with Gasteiger partial charge in [0.1, 0.15) is 6.33 Å². The Labute approximate surface area is 72.8 Å². The van der Waals surface area contributed by atoms with Crippen molar-refractivity contribution >= 4 is 0 Å². The van der Waals surface area contributed by atoms with Crippen LogP contribution in [-0.4, -0.2) is 17.1 Å². The van der Waals surface area contributed by atoms with Crippen molar-refractivity contribution in [3.63, 3.8) is 0 Å². The lowest BCUT2D eigenvalue weighted by Gasteiger charge is -2.04. The quantitative estimate of drug-likeness (QED) is 0.685. The third kappa shape index (κ3) is 2.49. The average molecular weight is 166 g/mol. The monoisotopic (exact) mass is 166 g/mol. The molecular weight excluding hydrogens is 152 g/mol. The van der Waals surface area contributed by atoms with Crippen molar-refractivity contribution in [1.82, 2.24) is 9.97 Å². The van der Waals surface area contributed by atoms with E-state index in [4.69, 9.17) is 4.74 Å². The van der Waals surface area contributed by atoms with Gasteiger partial charge in [-0.1, -0.05) is 13.8 Å². The van der Waals surface area contributed by atoms with Gasteiger partial charge in [0.2, 0.25) is 5.88 Å². The summed E-state index contributed by atoms with van der Waals surface area (Å²) in [6, 6.07) is 1.88. The second-order valence-electron chi connectivity index (χ2n) is 3.15. The van der Waals surface area contributed by atoms with Crippen molar-refractivity contribution < 1.29 is 4.74 Å². The van der Waals surface area contributed by atoms with Crippen LogP contribution in [0.3, 0.4) is 0 Å². The molecule has 1 aromatic heterocycles. The fraction of sp³-hybridized carbons (Fsp3) is 0.556. The molecule has 0 spiro atoms. The van der Waals surface area contributed by atoms with Gasteiger partial charge in [0.25, 0.3) is 0 Å². The fourth-order valence-electron chi connectivity index (χ4n) is 1.02. The van der Waals surface area contributed by atoms with Crippen LogP contribution in [0.5, 0.6) is 5.88 Å². The molecule has 0 saturated carbocycles. The first-order valence-corrected chi connectivity index (χ1v) is 4.07. The van der Waals surface area contributed by atoms with Crippen molar-refractivity contribution in [3.05, 3.63) is 18.1 Å². The third-order valence-electron chi connectivity index (χ3n) is 1.53. The molecule has 0 unspecified atom stereocenters. The first-order valence-electron chi connectivity index (χ1n) is 4.07. The van der Waals surface area contributed by atoms with E-state index in [0.29, 0.717) is 11.8 Å². The lowest BCUT2D eigenvalue weighted by molar-refractivity contribution is 0.395. The predicted molar refractivity (Wildman–Crippen MR) is 47.1 cm³/mol. The second kappa shape index (κ2) is 4.04. The molecule has 3 heteroatoms. The van der Waals surface area contributed by atoms with Gasteiger partial charge in [-0.25, -0.2) is 9.97 Å². The summed E-state index contributed by atoms with van der Waals surface area (Å²) >= 11 is 0. The molecule has 1 rings (SSSR count). The molecule has 3 nitrogen and oxygen atoms in total. The summed E-state index contributed by atoms with van der Waals surface area (Å²) in [7, 11) is 1.61. The van der Waals surface area contributed by atoms with E-state index in [0.717, 1.165) is 12.1 Å². The largest absolute Gasteiger partial charge is 0.481 e. The molecule has 0 radical (unpaired) electrons. The van der Waals surface area contributed by atoms with Gasteiger partial charge in [0.15, 0.2) is 0 Å². The molecule has 0 N–H and O–H groups in total. The zero-order valence-corrected chi connectivity index (χ0v) is 7.74. The van der Waals surface area contributed by atoms with Crippen LogP contribution in [0.4, 0.5) is 0 Å². The van der Waals surface area contributed by atoms with Crippen LogP contribution in [0, 0.1) is 5.92 Å². The average Bonchev–Trinajstić information content (AvgIpc) is 2.03. The minimum atomic E-state index is 0.615. The highest BCUT2D eigenvalue weighted by atomic mass is 16.5. The standard InChI is InChI=1S/C9H14N2O/c1-7(2)4-8-5-9(12-3)11-6-10-8/h5-7H,4H2,1-3H3. The molecule has 66 valence electrons. The van der Waals surface area contributed by atoms with Crippen LogP contribution in [0.15, 0.2) is 12.4 Å². The van der Waals surface area contributed by atoms with Crippen LogP contribution in [-0.2, 0) is 6.42 Å². The molecule has 1 aromatic rings. The van der Waals surface area contributed by atoms with Crippen molar-refractivity contribution in [3.8, 4) is 5.88 Å². The maximum absolute atomic E-state index is 4.99. The summed E-state index contributed by atoms with van der Waals surface area (Å²) in [5.74, 6) is 1.25. The highest BCUT2D eigenvalue weighted by molar-refractivity contribution is 5.13. The summed E-state index contributed by atoms with van der Waals surface area (Å²) in [4.78, 5) is 8.07. The smallest absolute Gasteiger partial charge is 0.216 e. The van der Waals surface area contributed by atoms with E-state index in [1.54, 1.807) is 7.11 Å². The lowest BCUT2D eigenvalue weighted by atomic mass is 10.1. The lowest BCUT2D eigenvalue weighted by Crippen LogP contribution is -1.98. The highest BCUT2D eigenvalue weighted by Crippen LogP contribution is 2.09. The Hall–Kier alpha value is -1.12. The molecule has 0 aliphatic heterocycles. The van der Waals surface area contributed by atoms with E-state index in [1.807, 2.05) is 6.07 Å². The summed E-state index contributed by atoms with van der Waals surface area (Å²) in [6.45, 7) is 4.32. The van der Waals surface area contributed by atoms with Gasteiger partial charge in [-0.05, 0) is 12.3 Å². The Morgan fingerprint density at radius 2 is 2.17 bits per heavy atom. The van der Waals surface area contributed by atoms with Gasteiger partial charge < -0.3 is 4.74 Å². The Kier molecular flexibility index (Phi) is 3.02. The molecule has 12 heavy (non-hydrogen) atoms. The second-order valence-corrected chi connectivity index (χ2v) is 3.15. The highest BCUT2D eigenvalue weighted by Gasteiger charge is 2.00. The summed E-state index contributed by atoms with van der Waals surface area (Å²) in [5, 5.41) is 0. The van der Waals surface area contributed by atoms with Gasteiger partial charge in [-0.2, -0.15) is 0 Å². The van der Waals surface area contributed by atoms with E-state index in [1.165, 1.54) is 6.33 Å². The molecule has 0 amide bonds. The summed E-state index contributed by atoms with van der Waals surface area (Å²) < 4.78 is 4.99. The fourth-order valence-corrected chi connectivity index (χ4v) is 1.02. The Morgan fingerprint density at radius 1 is 1.42 bits per heavy atom. The number of ether oxygens (including phenoxy) is 1. The van der Waals surface area contributed by atoms with Crippen molar-refractivity contribution in [1.29, 1.82) is 0 Å². The van der Waals surface area contributed by atoms with Crippen LogP contribution >= 0.6 is 0 Å². The molecule has 0 aliphatic rings. The zero-order chi connectivity index (χ0) is 8.97. The number of hydrogen-bond acceptors (Lipinski definition) is 3. The normalized spacial score (nSPS) is 10.3. The Morgan fingerprint density at radius 3 is 2.75 bits per heavy atom. The molecule has 0 atom stereocenters. The minimum absolute atomic E-state index is 0.615. The zero-order valence-electron chi connectivity index (χ0n) is 7.74. The SMILES string of the molecule is COc1cc(CC(C)C)ncn1. The van der Waals surface area contributed by atoms with Crippen LogP contribution < -0.4 is 4.74 Å². The molecule has 0 bridgehead atoms. The Bertz CT molecular complexity index is 248. The Balaban J connectivity index is 2.72. The summed E-state index contributed by atoms with van der Waals surface area (Å²) in [6.07, 6.45) is 2.51. The number of hydrogen-bond donors (Lipinski definition) is 0. The minimum Gasteiger partial charge on any atom is -0.481 e. The molecule has 0 saturated heterocycles. The molecule has 0 aromatic carbocycles. The number of methoxy groups -OCH3 is 1. The van der Waals surface area contributed by atoms with E-state index >= 15 is 0 Å². The maximum atomic E-state index is 4.99. The molecular formula is C9H14N2O. The molecule has 1 heterocycles. The third-order valence-corrected chi connectivity index (χ3v) is 1.53. The van der Waals surface area contributed by atoms with Crippen molar-refractivity contribution in [2.45, 2.75) is 20.3 Å². The number of nitrogens with zero attached hydrogens (tertiary/aromatic N) is 2. The first-order chi connectivity index (χ1) is 5.72.